The molecule has 1 saturated carbocycles. The number of nitrogens with zero attached hydrogens (tertiary/aromatic N) is 2. The number of hydrogen-bond acceptors (Lipinski definition) is 5. The fraction of sp³-hybridized carbons (Fsp3) is 0.533. The lowest BCUT2D eigenvalue weighted by Crippen LogP contribution is -2.34. The Hall–Kier alpha value is -1.86. The summed E-state index contributed by atoms with van der Waals surface area (Å²) in [7, 11) is 1.79. The summed E-state index contributed by atoms with van der Waals surface area (Å²) in [6, 6.07) is 3.52. The van der Waals surface area contributed by atoms with Crippen molar-refractivity contribution in [3.05, 3.63) is 17.9 Å². The maximum atomic E-state index is 14.2. The summed E-state index contributed by atoms with van der Waals surface area (Å²) >= 11 is 0. The number of benzene rings is 1. The normalized spacial score (nSPS) is 19.5. The molecule has 0 atom stereocenters. The molecule has 1 aliphatic heterocycles. The molecule has 1 saturated heterocycles. The molecule has 0 bridgehead atoms. The Morgan fingerprint density at radius 3 is 2.68 bits per heavy atom. The lowest BCUT2D eigenvalue weighted by Gasteiger charge is -2.22. The van der Waals surface area contributed by atoms with Crippen LogP contribution in [0, 0.1) is 5.82 Å². The minimum Gasteiger partial charge on any atom is -0.490 e. The topological polar surface area (TPSA) is 54.7 Å². The van der Waals surface area contributed by atoms with E-state index in [1.54, 1.807) is 17.7 Å². The van der Waals surface area contributed by atoms with Gasteiger partial charge in [-0.1, -0.05) is 0 Å². The second kappa shape index (κ2) is 5.40. The van der Waals surface area contributed by atoms with Gasteiger partial charge in [-0.15, -0.1) is 0 Å². The van der Waals surface area contributed by atoms with Gasteiger partial charge in [0.15, 0.2) is 5.82 Å². The van der Waals surface area contributed by atoms with Crippen molar-refractivity contribution in [3.8, 4) is 11.8 Å². The van der Waals surface area contributed by atoms with Crippen LogP contribution in [0.4, 0.5) is 4.39 Å². The molecule has 6 nitrogen and oxygen atoms in total. The van der Waals surface area contributed by atoms with Crippen LogP contribution in [-0.4, -0.2) is 41.8 Å². The molecule has 2 fully saturated rings. The Morgan fingerprint density at radius 2 is 1.95 bits per heavy atom. The molecular formula is C15H17FN2O4. The van der Waals surface area contributed by atoms with Crippen LogP contribution in [0.1, 0.15) is 12.8 Å². The first-order chi connectivity index (χ1) is 10.7. The molecule has 0 amide bonds. The van der Waals surface area contributed by atoms with E-state index in [0.717, 1.165) is 12.8 Å². The molecule has 1 aromatic heterocycles. The Morgan fingerprint density at radius 1 is 1.18 bits per heavy atom. The van der Waals surface area contributed by atoms with E-state index < -0.39 is 5.82 Å². The van der Waals surface area contributed by atoms with Gasteiger partial charge in [0, 0.05) is 19.2 Å². The van der Waals surface area contributed by atoms with E-state index in [0.29, 0.717) is 30.5 Å². The minimum atomic E-state index is -0.408. The summed E-state index contributed by atoms with van der Waals surface area (Å²) in [5, 5.41) is 0. The van der Waals surface area contributed by atoms with E-state index in [1.165, 1.54) is 6.07 Å². The molecule has 2 aliphatic rings. The number of hydrogen-bond donors (Lipinski definition) is 0. The fourth-order valence-corrected chi connectivity index (χ4v) is 2.44. The molecule has 2 aromatic rings. The van der Waals surface area contributed by atoms with Gasteiger partial charge in [0.2, 0.25) is 0 Å². The van der Waals surface area contributed by atoms with E-state index in [1.807, 2.05) is 0 Å². The summed E-state index contributed by atoms with van der Waals surface area (Å²) in [6.45, 7) is 1.14. The third kappa shape index (κ3) is 2.62. The maximum Gasteiger partial charge on any atom is 0.297 e. The van der Waals surface area contributed by atoms with Crippen LogP contribution in [0.3, 0.4) is 0 Å². The molecule has 22 heavy (non-hydrogen) atoms. The van der Waals surface area contributed by atoms with Crippen molar-refractivity contribution in [2.24, 2.45) is 7.05 Å². The Kier molecular flexibility index (Phi) is 3.38. The van der Waals surface area contributed by atoms with Gasteiger partial charge >= 0.3 is 0 Å². The quantitative estimate of drug-likeness (QED) is 0.865. The average molecular weight is 308 g/mol. The van der Waals surface area contributed by atoms with Crippen LogP contribution in [0.2, 0.25) is 0 Å². The first-order valence-electron chi connectivity index (χ1n) is 7.35. The summed E-state index contributed by atoms with van der Waals surface area (Å²) in [5.41, 5.74) is 0.918. The van der Waals surface area contributed by atoms with Gasteiger partial charge < -0.3 is 18.9 Å². The van der Waals surface area contributed by atoms with Gasteiger partial charge in [-0.2, -0.15) is 4.98 Å². The maximum absolute atomic E-state index is 14.2. The fourth-order valence-electron chi connectivity index (χ4n) is 2.44. The van der Waals surface area contributed by atoms with Crippen LogP contribution in [0.5, 0.6) is 11.8 Å². The van der Waals surface area contributed by atoms with Crippen molar-refractivity contribution in [1.82, 2.24) is 9.55 Å². The van der Waals surface area contributed by atoms with Crippen LogP contribution >= 0.6 is 0 Å². The summed E-state index contributed by atoms with van der Waals surface area (Å²) in [5.74, 6) is 0.126. The summed E-state index contributed by atoms with van der Waals surface area (Å²) in [4.78, 5) is 4.24. The molecule has 0 radical (unpaired) electrons. The highest BCUT2D eigenvalue weighted by molar-refractivity contribution is 5.79. The van der Waals surface area contributed by atoms with Crippen LogP contribution in [0.15, 0.2) is 12.1 Å². The molecule has 118 valence electrons. The SMILES string of the molecule is Cn1c(OC2COCOC2)nc2c(F)cc(OC3CC3)cc21. The minimum absolute atomic E-state index is 0.220. The number of imidazole rings is 1. The van der Waals surface area contributed by atoms with Crippen LogP contribution in [-0.2, 0) is 16.5 Å². The number of aryl methyl sites for hydroxylation is 1. The van der Waals surface area contributed by atoms with Crippen molar-refractivity contribution in [2.75, 3.05) is 20.0 Å². The van der Waals surface area contributed by atoms with E-state index >= 15 is 0 Å². The van der Waals surface area contributed by atoms with Crippen LogP contribution < -0.4 is 9.47 Å². The van der Waals surface area contributed by atoms with Gasteiger partial charge in [0.25, 0.3) is 6.01 Å². The van der Waals surface area contributed by atoms with Crippen molar-refractivity contribution in [3.63, 3.8) is 0 Å². The first-order valence-corrected chi connectivity index (χ1v) is 7.35. The Labute approximate surface area is 126 Å². The molecular weight excluding hydrogens is 291 g/mol. The number of ether oxygens (including phenoxy) is 4. The molecule has 4 rings (SSSR count). The smallest absolute Gasteiger partial charge is 0.297 e. The summed E-state index contributed by atoms with van der Waals surface area (Å²) in [6.07, 6.45) is 2.04. The zero-order valence-electron chi connectivity index (χ0n) is 12.3. The predicted octanol–water partition coefficient (Wildman–Crippen LogP) is 2.01. The Balaban J connectivity index is 1.64. The number of aromatic nitrogens is 2. The van der Waals surface area contributed by atoms with E-state index in [-0.39, 0.29) is 24.5 Å². The zero-order valence-corrected chi connectivity index (χ0v) is 12.3. The van der Waals surface area contributed by atoms with E-state index in [9.17, 15) is 4.39 Å². The summed E-state index contributed by atoms with van der Waals surface area (Å²) < 4.78 is 37.7. The van der Waals surface area contributed by atoms with Crippen molar-refractivity contribution < 1.29 is 23.3 Å². The van der Waals surface area contributed by atoms with Gasteiger partial charge in [-0.25, -0.2) is 4.39 Å². The van der Waals surface area contributed by atoms with Gasteiger partial charge in [0.05, 0.1) is 24.8 Å². The van der Waals surface area contributed by atoms with Crippen molar-refractivity contribution in [2.45, 2.75) is 25.0 Å². The highest BCUT2D eigenvalue weighted by atomic mass is 19.1. The van der Waals surface area contributed by atoms with E-state index in [4.69, 9.17) is 18.9 Å². The third-order valence-electron chi connectivity index (χ3n) is 3.75. The van der Waals surface area contributed by atoms with E-state index in [2.05, 4.69) is 4.98 Å². The lowest BCUT2D eigenvalue weighted by molar-refractivity contribution is -0.145. The standard InChI is InChI=1S/C15H17FN2O4/c1-18-13-5-10(21-9-2-3-9)4-12(16)14(13)17-15(18)22-11-6-19-8-20-7-11/h4-5,9,11H,2-3,6-8H2,1H3. The molecule has 7 heteroatoms. The molecule has 0 N–H and O–H groups in total. The third-order valence-corrected chi connectivity index (χ3v) is 3.75. The van der Waals surface area contributed by atoms with Crippen molar-refractivity contribution >= 4 is 11.0 Å². The largest absolute Gasteiger partial charge is 0.490 e. The lowest BCUT2D eigenvalue weighted by atomic mass is 10.3. The Bertz CT molecular complexity index is 692. The number of rotatable bonds is 4. The zero-order chi connectivity index (χ0) is 15.1. The molecule has 2 heterocycles. The average Bonchev–Trinajstić information content (AvgIpc) is 3.27. The highest BCUT2D eigenvalue weighted by Crippen LogP contribution is 2.32. The number of fused-ring (bicyclic) bond motifs is 1. The predicted molar refractivity (Wildman–Crippen MR) is 75.5 cm³/mol. The van der Waals surface area contributed by atoms with Gasteiger partial charge in [-0.3, -0.25) is 4.57 Å². The molecule has 0 unspecified atom stereocenters. The van der Waals surface area contributed by atoms with Gasteiger partial charge in [0.1, 0.15) is 24.2 Å². The molecule has 1 aromatic carbocycles. The second-order valence-corrected chi connectivity index (χ2v) is 5.64. The highest BCUT2D eigenvalue weighted by Gasteiger charge is 2.25. The number of halogens is 1. The van der Waals surface area contributed by atoms with Gasteiger partial charge in [-0.05, 0) is 12.8 Å². The first kappa shape index (κ1) is 13.8. The van der Waals surface area contributed by atoms with Crippen molar-refractivity contribution in [1.29, 1.82) is 0 Å². The second-order valence-electron chi connectivity index (χ2n) is 5.64. The molecule has 0 spiro atoms. The van der Waals surface area contributed by atoms with Crippen LogP contribution in [0.25, 0.3) is 11.0 Å². The monoisotopic (exact) mass is 308 g/mol. The molecule has 1 aliphatic carbocycles.